The number of para-hydroxylation sites is 1. The summed E-state index contributed by atoms with van der Waals surface area (Å²) < 4.78 is 2.34. The van der Waals surface area contributed by atoms with Gasteiger partial charge in [-0.25, -0.2) is 4.98 Å². The first-order valence-corrected chi connectivity index (χ1v) is 7.41. The van der Waals surface area contributed by atoms with Gasteiger partial charge in [-0.2, -0.15) is 4.73 Å². The van der Waals surface area contributed by atoms with Crippen molar-refractivity contribution in [2.45, 2.75) is 10.8 Å². The first-order valence-electron chi connectivity index (χ1n) is 6.42. The van der Waals surface area contributed by atoms with E-state index >= 15 is 0 Å². The van der Waals surface area contributed by atoms with Crippen LogP contribution in [0.3, 0.4) is 0 Å². The number of pyridine rings is 1. The second-order valence-corrected chi connectivity index (χ2v) is 5.56. The molecule has 3 rings (SSSR count). The SMILES string of the molecule is Cn1c(CSc2cccc[n+]2[O-])nc2ccccc2c1=O. The molecule has 2 heterocycles. The second-order valence-electron chi connectivity index (χ2n) is 4.56. The van der Waals surface area contributed by atoms with Crippen LogP contribution < -0.4 is 10.3 Å². The number of aromatic nitrogens is 3. The molecule has 0 atom stereocenters. The molecule has 3 aromatic rings. The minimum atomic E-state index is -0.0701. The highest BCUT2D eigenvalue weighted by Gasteiger charge is 2.11. The molecule has 0 amide bonds. The van der Waals surface area contributed by atoms with Crippen LogP contribution in [-0.4, -0.2) is 9.55 Å². The first kappa shape index (κ1) is 13.6. The molecule has 0 unspecified atom stereocenters. The van der Waals surface area contributed by atoms with Crippen molar-refractivity contribution in [2.75, 3.05) is 0 Å². The molecule has 106 valence electrons. The van der Waals surface area contributed by atoms with Crippen LogP contribution >= 0.6 is 11.8 Å². The first-order chi connectivity index (χ1) is 10.2. The van der Waals surface area contributed by atoms with Gasteiger partial charge in [-0.1, -0.05) is 12.1 Å². The summed E-state index contributed by atoms with van der Waals surface area (Å²) >= 11 is 1.36. The Balaban J connectivity index is 1.96. The van der Waals surface area contributed by atoms with Gasteiger partial charge in [-0.05, 0) is 30.0 Å². The molecule has 0 saturated carbocycles. The number of nitrogens with zero attached hydrogens (tertiary/aromatic N) is 3. The number of hydrogen-bond acceptors (Lipinski definition) is 4. The third kappa shape index (κ3) is 2.62. The molecular weight excluding hydrogens is 286 g/mol. The average Bonchev–Trinajstić information content (AvgIpc) is 2.51. The topological polar surface area (TPSA) is 61.8 Å². The number of thioether (sulfide) groups is 1. The van der Waals surface area contributed by atoms with E-state index in [-0.39, 0.29) is 5.56 Å². The lowest BCUT2D eigenvalue weighted by Gasteiger charge is -2.08. The Labute approximate surface area is 125 Å². The summed E-state index contributed by atoms with van der Waals surface area (Å²) in [6.45, 7) is 0. The average molecular weight is 299 g/mol. The summed E-state index contributed by atoms with van der Waals surface area (Å²) in [6.07, 6.45) is 1.45. The Kier molecular flexibility index (Phi) is 3.62. The quantitative estimate of drug-likeness (QED) is 0.421. The third-order valence-electron chi connectivity index (χ3n) is 3.21. The normalized spacial score (nSPS) is 10.9. The van der Waals surface area contributed by atoms with E-state index in [0.717, 1.165) is 4.73 Å². The second kappa shape index (κ2) is 5.57. The lowest BCUT2D eigenvalue weighted by Crippen LogP contribution is -2.28. The van der Waals surface area contributed by atoms with E-state index in [4.69, 9.17) is 0 Å². The van der Waals surface area contributed by atoms with Crippen LogP contribution in [0, 0.1) is 5.21 Å². The van der Waals surface area contributed by atoms with E-state index in [1.807, 2.05) is 24.3 Å². The molecule has 2 aromatic heterocycles. The molecule has 0 aliphatic heterocycles. The van der Waals surface area contributed by atoms with Crippen LogP contribution in [0.15, 0.2) is 58.5 Å². The number of fused-ring (bicyclic) bond motifs is 1. The summed E-state index contributed by atoms with van der Waals surface area (Å²) in [5.74, 6) is 1.11. The van der Waals surface area contributed by atoms with Crippen LogP contribution in [0.25, 0.3) is 10.9 Å². The van der Waals surface area contributed by atoms with E-state index in [1.54, 1.807) is 25.2 Å². The van der Waals surface area contributed by atoms with Gasteiger partial charge >= 0.3 is 0 Å². The Morgan fingerprint density at radius 2 is 2.00 bits per heavy atom. The molecule has 0 spiro atoms. The van der Waals surface area contributed by atoms with Gasteiger partial charge in [0.1, 0.15) is 5.82 Å². The predicted octanol–water partition coefficient (Wildman–Crippen LogP) is 1.86. The Morgan fingerprint density at radius 1 is 1.24 bits per heavy atom. The van der Waals surface area contributed by atoms with E-state index in [0.29, 0.717) is 27.5 Å². The monoisotopic (exact) mass is 299 g/mol. The minimum absolute atomic E-state index is 0.0701. The molecule has 0 radical (unpaired) electrons. The predicted molar refractivity (Wildman–Crippen MR) is 81.9 cm³/mol. The maximum absolute atomic E-state index is 12.3. The standard InChI is InChI=1S/C15H13N3O2S/c1-17-13(10-21-14-8-4-5-9-18(14)20)16-12-7-3-2-6-11(12)15(17)19/h2-9H,10H2,1H3. The van der Waals surface area contributed by atoms with E-state index in [9.17, 15) is 10.0 Å². The molecular formula is C15H13N3O2S. The molecule has 0 aliphatic rings. The van der Waals surface area contributed by atoms with Gasteiger partial charge in [0.05, 0.1) is 16.7 Å². The van der Waals surface area contributed by atoms with Gasteiger partial charge in [-0.15, -0.1) is 0 Å². The zero-order chi connectivity index (χ0) is 14.8. The maximum atomic E-state index is 12.3. The van der Waals surface area contributed by atoms with Gasteiger partial charge in [0, 0.05) is 19.2 Å². The number of hydrogen-bond donors (Lipinski definition) is 0. The molecule has 0 bridgehead atoms. The van der Waals surface area contributed by atoms with Gasteiger partial charge in [0.15, 0.2) is 6.20 Å². The van der Waals surface area contributed by atoms with E-state index < -0.39 is 0 Å². The van der Waals surface area contributed by atoms with Crippen LogP contribution in [-0.2, 0) is 12.8 Å². The summed E-state index contributed by atoms with van der Waals surface area (Å²) in [5, 5.41) is 12.8. The van der Waals surface area contributed by atoms with Crippen molar-refractivity contribution >= 4 is 22.7 Å². The molecule has 0 N–H and O–H groups in total. The fourth-order valence-corrected chi connectivity index (χ4v) is 2.95. The van der Waals surface area contributed by atoms with Crippen molar-refractivity contribution in [3.63, 3.8) is 0 Å². The lowest BCUT2D eigenvalue weighted by atomic mass is 10.2. The van der Waals surface area contributed by atoms with Gasteiger partial charge in [0.25, 0.3) is 10.6 Å². The highest BCUT2D eigenvalue weighted by atomic mass is 32.2. The van der Waals surface area contributed by atoms with Crippen molar-refractivity contribution in [1.82, 2.24) is 9.55 Å². The molecule has 21 heavy (non-hydrogen) atoms. The van der Waals surface area contributed by atoms with Gasteiger partial charge < -0.3 is 5.21 Å². The van der Waals surface area contributed by atoms with Crippen molar-refractivity contribution in [1.29, 1.82) is 0 Å². The van der Waals surface area contributed by atoms with Crippen LogP contribution in [0.1, 0.15) is 5.82 Å². The van der Waals surface area contributed by atoms with Crippen molar-refractivity contribution < 1.29 is 4.73 Å². The summed E-state index contributed by atoms with van der Waals surface area (Å²) in [4.78, 5) is 16.8. The smallest absolute Gasteiger partial charge is 0.261 e. The molecule has 0 aliphatic carbocycles. The zero-order valence-electron chi connectivity index (χ0n) is 11.4. The molecule has 0 fully saturated rings. The third-order valence-corrected chi connectivity index (χ3v) is 4.23. The fraction of sp³-hybridized carbons (Fsp3) is 0.133. The van der Waals surface area contributed by atoms with Crippen LogP contribution in [0.4, 0.5) is 0 Å². The minimum Gasteiger partial charge on any atom is -0.618 e. The van der Waals surface area contributed by atoms with Gasteiger partial charge in [0.2, 0.25) is 0 Å². The molecule has 6 heteroatoms. The molecule has 5 nitrogen and oxygen atoms in total. The maximum Gasteiger partial charge on any atom is 0.261 e. The zero-order valence-corrected chi connectivity index (χ0v) is 12.2. The van der Waals surface area contributed by atoms with Crippen molar-refractivity contribution in [3.8, 4) is 0 Å². The van der Waals surface area contributed by atoms with E-state index in [2.05, 4.69) is 4.98 Å². The summed E-state index contributed by atoms with van der Waals surface area (Å²) in [5.41, 5.74) is 0.610. The van der Waals surface area contributed by atoms with Gasteiger partial charge in [-0.3, -0.25) is 9.36 Å². The van der Waals surface area contributed by atoms with Crippen molar-refractivity contribution in [2.24, 2.45) is 7.05 Å². The largest absolute Gasteiger partial charge is 0.618 e. The fourth-order valence-electron chi connectivity index (χ4n) is 2.06. The number of rotatable bonds is 3. The summed E-state index contributed by atoms with van der Waals surface area (Å²) in [6, 6.07) is 12.5. The highest BCUT2D eigenvalue weighted by molar-refractivity contribution is 7.98. The van der Waals surface area contributed by atoms with E-state index in [1.165, 1.54) is 22.5 Å². The molecule has 0 saturated heterocycles. The summed E-state index contributed by atoms with van der Waals surface area (Å²) in [7, 11) is 1.70. The van der Waals surface area contributed by atoms with Crippen LogP contribution in [0.5, 0.6) is 0 Å². The Morgan fingerprint density at radius 3 is 2.81 bits per heavy atom. The van der Waals surface area contributed by atoms with Crippen LogP contribution in [0.2, 0.25) is 0 Å². The molecule has 1 aromatic carbocycles. The Hall–Kier alpha value is -2.34. The Bertz CT molecular complexity index is 861. The van der Waals surface area contributed by atoms with Crippen molar-refractivity contribution in [3.05, 3.63) is 70.0 Å². The lowest BCUT2D eigenvalue weighted by molar-refractivity contribution is -0.645. The highest BCUT2D eigenvalue weighted by Crippen LogP contribution is 2.18. The number of benzene rings is 1.